The Bertz CT molecular complexity index is 509. The molecule has 0 unspecified atom stereocenters. The highest BCUT2D eigenvalue weighted by molar-refractivity contribution is 5.79. The predicted molar refractivity (Wildman–Crippen MR) is 99.9 cm³/mol. The summed E-state index contributed by atoms with van der Waals surface area (Å²) >= 11 is 0. The third kappa shape index (κ3) is 8.60. The SMILES string of the molecule is CCNC(=NCCOCCOC)NCCc1ccc(OC)c(OC)c1. The van der Waals surface area contributed by atoms with Crippen molar-refractivity contribution in [2.75, 3.05) is 60.8 Å². The van der Waals surface area contributed by atoms with Crippen LogP contribution < -0.4 is 20.1 Å². The lowest BCUT2D eigenvalue weighted by molar-refractivity contribution is 0.0748. The number of hydrogen-bond donors (Lipinski definition) is 2. The molecule has 0 atom stereocenters. The molecule has 0 aromatic heterocycles. The first kappa shape index (κ1) is 21.1. The smallest absolute Gasteiger partial charge is 0.191 e. The van der Waals surface area contributed by atoms with E-state index in [-0.39, 0.29) is 0 Å². The van der Waals surface area contributed by atoms with Gasteiger partial charge >= 0.3 is 0 Å². The van der Waals surface area contributed by atoms with Gasteiger partial charge in [-0.25, -0.2) is 0 Å². The van der Waals surface area contributed by atoms with E-state index in [1.165, 1.54) is 5.56 Å². The van der Waals surface area contributed by atoms with E-state index in [2.05, 4.69) is 15.6 Å². The number of nitrogens with zero attached hydrogens (tertiary/aromatic N) is 1. The maximum atomic E-state index is 5.41. The van der Waals surface area contributed by atoms with E-state index < -0.39 is 0 Å². The Morgan fingerprint density at radius 1 is 1.00 bits per heavy atom. The fourth-order valence-corrected chi connectivity index (χ4v) is 2.17. The maximum absolute atomic E-state index is 5.41. The molecule has 0 heterocycles. The van der Waals surface area contributed by atoms with Crippen molar-refractivity contribution in [3.8, 4) is 11.5 Å². The van der Waals surface area contributed by atoms with Crippen LogP contribution in [0.5, 0.6) is 11.5 Å². The highest BCUT2D eigenvalue weighted by atomic mass is 16.5. The molecule has 0 aliphatic carbocycles. The van der Waals surface area contributed by atoms with E-state index in [1.807, 2.05) is 25.1 Å². The number of rotatable bonds is 12. The summed E-state index contributed by atoms with van der Waals surface area (Å²) < 4.78 is 20.9. The predicted octanol–water partition coefficient (Wildman–Crippen LogP) is 1.46. The van der Waals surface area contributed by atoms with E-state index in [4.69, 9.17) is 18.9 Å². The van der Waals surface area contributed by atoms with Crippen molar-refractivity contribution >= 4 is 5.96 Å². The number of nitrogens with one attached hydrogen (secondary N) is 2. The fraction of sp³-hybridized carbons (Fsp3) is 0.611. The molecule has 0 saturated heterocycles. The second-order valence-corrected chi connectivity index (χ2v) is 5.23. The number of hydrogen-bond acceptors (Lipinski definition) is 5. The first-order valence-corrected chi connectivity index (χ1v) is 8.54. The molecule has 7 nitrogen and oxygen atoms in total. The zero-order chi connectivity index (χ0) is 18.3. The molecule has 1 aromatic carbocycles. The number of benzene rings is 1. The summed E-state index contributed by atoms with van der Waals surface area (Å²) in [6.45, 7) is 6.01. The van der Waals surface area contributed by atoms with Gasteiger partial charge in [-0.3, -0.25) is 4.99 Å². The first-order chi connectivity index (χ1) is 12.2. The number of aliphatic imine (C=N–C) groups is 1. The van der Waals surface area contributed by atoms with Crippen LogP contribution in [0, 0.1) is 0 Å². The standard InChI is InChI=1S/C18H31N3O4/c1-5-19-18(21-10-11-25-13-12-22-2)20-9-8-15-6-7-16(23-3)17(14-15)24-4/h6-7,14H,5,8-13H2,1-4H3,(H2,19,20,21). The van der Waals surface area contributed by atoms with Crippen LogP contribution in [-0.2, 0) is 15.9 Å². The first-order valence-electron chi connectivity index (χ1n) is 8.54. The molecular formula is C18H31N3O4. The van der Waals surface area contributed by atoms with Crippen molar-refractivity contribution in [1.82, 2.24) is 10.6 Å². The topological polar surface area (TPSA) is 73.3 Å². The normalized spacial score (nSPS) is 11.3. The van der Waals surface area contributed by atoms with Crippen LogP contribution >= 0.6 is 0 Å². The maximum Gasteiger partial charge on any atom is 0.191 e. The van der Waals surface area contributed by atoms with Crippen LogP contribution in [-0.4, -0.2) is 66.7 Å². The molecule has 142 valence electrons. The van der Waals surface area contributed by atoms with Crippen molar-refractivity contribution in [1.29, 1.82) is 0 Å². The minimum Gasteiger partial charge on any atom is -0.493 e. The molecule has 1 aromatic rings. The van der Waals surface area contributed by atoms with Crippen LogP contribution in [0.15, 0.2) is 23.2 Å². The van der Waals surface area contributed by atoms with E-state index in [0.717, 1.165) is 37.0 Å². The lowest BCUT2D eigenvalue weighted by Crippen LogP contribution is -2.38. The summed E-state index contributed by atoms with van der Waals surface area (Å²) in [5.41, 5.74) is 1.17. The highest BCUT2D eigenvalue weighted by Crippen LogP contribution is 2.27. The van der Waals surface area contributed by atoms with Crippen molar-refractivity contribution in [2.24, 2.45) is 4.99 Å². The van der Waals surface area contributed by atoms with Crippen LogP contribution in [0.3, 0.4) is 0 Å². The van der Waals surface area contributed by atoms with Crippen molar-refractivity contribution in [3.63, 3.8) is 0 Å². The Balaban J connectivity index is 2.41. The van der Waals surface area contributed by atoms with Gasteiger partial charge in [-0.05, 0) is 31.0 Å². The second-order valence-electron chi connectivity index (χ2n) is 5.23. The van der Waals surface area contributed by atoms with Crippen molar-refractivity contribution in [2.45, 2.75) is 13.3 Å². The number of methoxy groups -OCH3 is 3. The lowest BCUT2D eigenvalue weighted by atomic mass is 10.1. The van der Waals surface area contributed by atoms with Crippen molar-refractivity contribution < 1.29 is 18.9 Å². The summed E-state index contributed by atoms with van der Waals surface area (Å²) in [6.07, 6.45) is 0.856. The molecule has 0 fully saturated rings. The zero-order valence-corrected chi connectivity index (χ0v) is 15.8. The summed E-state index contributed by atoms with van der Waals surface area (Å²) in [5.74, 6) is 2.27. The Morgan fingerprint density at radius 3 is 2.48 bits per heavy atom. The number of guanidine groups is 1. The average molecular weight is 353 g/mol. The molecule has 0 saturated carbocycles. The largest absolute Gasteiger partial charge is 0.493 e. The molecular weight excluding hydrogens is 322 g/mol. The summed E-state index contributed by atoms with van der Waals surface area (Å²) in [6, 6.07) is 5.95. The number of ether oxygens (including phenoxy) is 4. The summed E-state index contributed by atoms with van der Waals surface area (Å²) in [7, 11) is 4.94. The molecule has 1 rings (SSSR count). The van der Waals surface area contributed by atoms with Crippen LogP contribution in [0.1, 0.15) is 12.5 Å². The molecule has 0 radical (unpaired) electrons. The van der Waals surface area contributed by atoms with Crippen LogP contribution in [0.4, 0.5) is 0 Å². The average Bonchev–Trinajstić information content (AvgIpc) is 2.64. The molecule has 7 heteroatoms. The Hall–Kier alpha value is -1.99. The minimum absolute atomic E-state index is 0.579. The summed E-state index contributed by atoms with van der Waals surface area (Å²) in [5, 5.41) is 6.55. The van der Waals surface area contributed by atoms with Gasteiger partial charge < -0.3 is 29.6 Å². The van der Waals surface area contributed by atoms with Gasteiger partial charge in [-0.1, -0.05) is 6.07 Å². The Kier molecular flexibility index (Phi) is 11.2. The van der Waals surface area contributed by atoms with Gasteiger partial charge in [0.25, 0.3) is 0 Å². The van der Waals surface area contributed by atoms with Crippen LogP contribution in [0.25, 0.3) is 0 Å². The minimum atomic E-state index is 0.579. The van der Waals surface area contributed by atoms with Crippen LogP contribution in [0.2, 0.25) is 0 Å². The van der Waals surface area contributed by atoms with E-state index >= 15 is 0 Å². The molecule has 0 aliphatic rings. The van der Waals surface area contributed by atoms with Gasteiger partial charge in [-0.2, -0.15) is 0 Å². The molecule has 0 aliphatic heterocycles. The molecule has 2 N–H and O–H groups in total. The third-order valence-corrected chi connectivity index (χ3v) is 3.44. The quantitative estimate of drug-likeness (QED) is 0.337. The highest BCUT2D eigenvalue weighted by Gasteiger charge is 2.05. The van der Waals surface area contributed by atoms with E-state index in [1.54, 1.807) is 21.3 Å². The molecule has 25 heavy (non-hydrogen) atoms. The third-order valence-electron chi connectivity index (χ3n) is 3.44. The Morgan fingerprint density at radius 2 is 1.80 bits per heavy atom. The Labute approximate surface area is 150 Å². The van der Waals surface area contributed by atoms with Gasteiger partial charge in [0, 0.05) is 20.2 Å². The summed E-state index contributed by atoms with van der Waals surface area (Å²) in [4.78, 5) is 4.49. The molecule has 0 spiro atoms. The molecule has 0 amide bonds. The van der Waals surface area contributed by atoms with Gasteiger partial charge in [-0.15, -0.1) is 0 Å². The fourth-order valence-electron chi connectivity index (χ4n) is 2.17. The zero-order valence-electron chi connectivity index (χ0n) is 15.8. The van der Waals surface area contributed by atoms with Gasteiger partial charge in [0.15, 0.2) is 17.5 Å². The van der Waals surface area contributed by atoms with Gasteiger partial charge in [0.05, 0.1) is 40.6 Å². The molecule has 0 bridgehead atoms. The second kappa shape index (κ2) is 13.3. The monoisotopic (exact) mass is 353 g/mol. The van der Waals surface area contributed by atoms with E-state index in [0.29, 0.717) is 26.4 Å². The van der Waals surface area contributed by atoms with E-state index in [9.17, 15) is 0 Å². The van der Waals surface area contributed by atoms with Gasteiger partial charge in [0.1, 0.15) is 0 Å². The van der Waals surface area contributed by atoms with Gasteiger partial charge in [0.2, 0.25) is 0 Å². The lowest BCUT2D eigenvalue weighted by Gasteiger charge is -2.12. The van der Waals surface area contributed by atoms with Crippen molar-refractivity contribution in [3.05, 3.63) is 23.8 Å².